The standard InChI is InChI=1S/C16H22N4OS/c1-4-13(5-2)15-18-19-16(22)20(15)17-11-12-8-7-9-14(10-12)21-6-3/h7-11,13H,4-6H2,1-3H3,(H,19,22)/b17-11-. The van der Waals surface area contributed by atoms with Crippen LogP contribution in [-0.4, -0.2) is 27.7 Å². The van der Waals surface area contributed by atoms with E-state index in [2.05, 4.69) is 29.1 Å². The van der Waals surface area contributed by atoms with Gasteiger partial charge in [-0.2, -0.15) is 14.9 Å². The van der Waals surface area contributed by atoms with Gasteiger partial charge in [0, 0.05) is 5.92 Å². The zero-order valence-electron chi connectivity index (χ0n) is 13.2. The molecule has 22 heavy (non-hydrogen) atoms. The van der Waals surface area contributed by atoms with Gasteiger partial charge in [0.05, 0.1) is 12.8 Å². The molecule has 0 aliphatic rings. The molecule has 6 heteroatoms. The normalized spacial score (nSPS) is 11.5. The van der Waals surface area contributed by atoms with Crippen LogP contribution in [0.2, 0.25) is 0 Å². The molecule has 118 valence electrons. The SMILES string of the molecule is CCOc1cccc(/C=N\n2c(C(CC)CC)n[nH]c2=S)c1. The van der Waals surface area contributed by atoms with Gasteiger partial charge < -0.3 is 4.74 Å². The smallest absolute Gasteiger partial charge is 0.216 e. The number of aromatic nitrogens is 3. The lowest BCUT2D eigenvalue weighted by atomic mass is 10.0. The summed E-state index contributed by atoms with van der Waals surface area (Å²) in [5, 5.41) is 11.6. The van der Waals surface area contributed by atoms with E-state index >= 15 is 0 Å². The van der Waals surface area contributed by atoms with Gasteiger partial charge in [0.1, 0.15) is 5.75 Å². The van der Waals surface area contributed by atoms with Crippen LogP contribution in [-0.2, 0) is 0 Å². The first-order chi connectivity index (χ1) is 10.7. The Bertz CT molecular complexity index is 685. The molecule has 1 aromatic carbocycles. The molecule has 0 unspecified atom stereocenters. The summed E-state index contributed by atoms with van der Waals surface area (Å²) in [6.45, 7) is 6.90. The zero-order valence-corrected chi connectivity index (χ0v) is 14.1. The first-order valence-electron chi connectivity index (χ1n) is 7.64. The average Bonchev–Trinajstić information content (AvgIpc) is 2.88. The minimum atomic E-state index is 0.347. The van der Waals surface area contributed by atoms with Crippen LogP contribution in [0.1, 0.15) is 50.9 Å². The van der Waals surface area contributed by atoms with Crippen molar-refractivity contribution in [1.82, 2.24) is 14.9 Å². The molecule has 0 atom stereocenters. The van der Waals surface area contributed by atoms with Crippen molar-refractivity contribution in [3.05, 3.63) is 40.4 Å². The molecule has 0 saturated carbocycles. The van der Waals surface area contributed by atoms with E-state index in [0.29, 0.717) is 17.3 Å². The molecular weight excluding hydrogens is 296 g/mol. The minimum Gasteiger partial charge on any atom is -0.494 e. The fraction of sp³-hybridized carbons (Fsp3) is 0.438. The fourth-order valence-corrected chi connectivity index (χ4v) is 2.50. The van der Waals surface area contributed by atoms with Crippen LogP contribution in [0.4, 0.5) is 0 Å². The van der Waals surface area contributed by atoms with Crippen molar-refractivity contribution in [1.29, 1.82) is 0 Å². The van der Waals surface area contributed by atoms with Crippen LogP contribution >= 0.6 is 12.2 Å². The van der Waals surface area contributed by atoms with Crippen molar-refractivity contribution >= 4 is 18.4 Å². The average molecular weight is 318 g/mol. The van der Waals surface area contributed by atoms with Gasteiger partial charge >= 0.3 is 0 Å². The third kappa shape index (κ3) is 3.82. The van der Waals surface area contributed by atoms with Gasteiger partial charge in [-0.1, -0.05) is 26.0 Å². The second kappa shape index (κ2) is 7.89. The number of hydrogen-bond acceptors (Lipinski definition) is 4. The highest BCUT2D eigenvalue weighted by atomic mass is 32.1. The quantitative estimate of drug-likeness (QED) is 0.617. The molecule has 5 nitrogen and oxygen atoms in total. The van der Waals surface area contributed by atoms with E-state index in [0.717, 1.165) is 30.0 Å². The topological polar surface area (TPSA) is 55.2 Å². The van der Waals surface area contributed by atoms with E-state index in [9.17, 15) is 0 Å². The first kappa shape index (κ1) is 16.4. The lowest BCUT2D eigenvalue weighted by molar-refractivity contribution is 0.340. The Balaban J connectivity index is 2.28. The van der Waals surface area contributed by atoms with E-state index in [-0.39, 0.29) is 0 Å². The van der Waals surface area contributed by atoms with Crippen LogP contribution in [0.15, 0.2) is 29.4 Å². The molecule has 0 bridgehead atoms. The largest absolute Gasteiger partial charge is 0.494 e. The molecule has 1 N–H and O–H groups in total. The molecule has 0 aliphatic carbocycles. The number of aromatic amines is 1. The van der Waals surface area contributed by atoms with Crippen LogP contribution in [0.25, 0.3) is 0 Å². The highest BCUT2D eigenvalue weighted by Crippen LogP contribution is 2.21. The number of ether oxygens (including phenoxy) is 1. The van der Waals surface area contributed by atoms with E-state index < -0.39 is 0 Å². The summed E-state index contributed by atoms with van der Waals surface area (Å²) in [7, 11) is 0. The molecule has 0 fully saturated rings. The second-order valence-electron chi connectivity index (χ2n) is 4.96. The lowest BCUT2D eigenvalue weighted by Crippen LogP contribution is -2.05. The van der Waals surface area contributed by atoms with Crippen molar-refractivity contribution in [2.45, 2.75) is 39.5 Å². The maximum absolute atomic E-state index is 5.50. The first-order valence-corrected chi connectivity index (χ1v) is 8.04. The lowest BCUT2D eigenvalue weighted by Gasteiger charge is -2.10. The summed E-state index contributed by atoms with van der Waals surface area (Å²) >= 11 is 5.28. The van der Waals surface area contributed by atoms with Gasteiger partial charge in [0.25, 0.3) is 0 Å². The summed E-state index contributed by atoms with van der Waals surface area (Å²) in [5.41, 5.74) is 0.963. The molecule has 0 saturated heterocycles. The Morgan fingerprint density at radius 1 is 1.36 bits per heavy atom. The predicted molar refractivity (Wildman–Crippen MR) is 91.3 cm³/mol. The number of benzene rings is 1. The number of nitrogens with one attached hydrogen (secondary N) is 1. The van der Waals surface area contributed by atoms with Gasteiger partial charge in [-0.3, -0.25) is 5.10 Å². The molecular formula is C16H22N4OS. The van der Waals surface area contributed by atoms with Crippen molar-refractivity contribution in [3.63, 3.8) is 0 Å². The van der Waals surface area contributed by atoms with Crippen molar-refractivity contribution in [2.24, 2.45) is 5.10 Å². The van der Waals surface area contributed by atoms with Gasteiger partial charge in [-0.25, -0.2) is 0 Å². The summed E-state index contributed by atoms with van der Waals surface area (Å²) in [4.78, 5) is 0. The molecule has 1 aromatic heterocycles. The zero-order chi connectivity index (χ0) is 15.9. The Labute approximate surface area is 136 Å². The minimum absolute atomic E-state index is 0.347. The Morgan fingerprint density at radius 3 is 2.82 bits per heavy atom. The Kier molecular flexibility index (Phi) is 5.89. The molecule has 1 heterocycles. The summed E-state index contributed by atoms with van der Waals surface area (Å²) in [6, 6.07) is 7.81. The monoisotopic (exact) mass is 318 g/mol. The van der Waals surface area contributed by atoms with E-state index in [4.69, 9.17) is 17.0 Å². The molecule has 0 amide bonds. The number of H-pyrrole nitrogens is 1. The Hall–Kier alpha value is -1.95. The van der Waals surface area contributed by atoms with Crippen molar-refractivity contribution in [2.75, 3.05) is 6.61 Å². The van der Waals surface area contributed by atoms with Crippen LogP contribution in [0.3, 0.4) is 0 Å². The van der Waals surface area contributed by atoms with Gasteiger partial charge in [0.2, 0.25) is 4.77 Å². The van der Waals surface area contributed by atoms with E-state index in [1.54, 1.807) is 10.9 Å². The predicted octanol–water partition coefficient (Wildman–Crippen LogP) is 4.13. The van der Waals surface area contributed by atoms with Gasteiger partial charge in [-0.05, 0) is 49.7 Å². The molecule has 0 aliphatic heterocycles. The van der Waals surface area contributed by atoms with Gasteiger partial charge in [0.15, 0.2) is 5.82 Å². The van der Waals surface area contributed by atoms with Crippen LogP contribution in [0, 0.1) is 4.77 Å². The van der Waals surface area contributed by atoms with Crippen molar-refractivity contribution in [3.8, 4) is 5.75 Å². The summed E-state index contributed by atoms with van der Waals surface area (Å²) < 4.78 is 7.72. The van der Waals surface area contributed by atoms with Crippen LogP contribution < -0.4 is 4.74 Å². The van der Waals surface area contributed by atoms with E-state index in [1.165, 1.54) is 0 Å². The second-order valence-corrected chi connectivity index (χ2v) is 5.35. The van der Waals surface area contributed by atoms with Gasteiger partial charge in [-0.15, -0.1) is 0 Å². The fourth-order valence-electron chi connectivity index (χ4n) is 2.31. The maximum atomic E-state index is 5.50. The number of rotatable bonds is 7. The highest BCUT2D eigenvalue weighted by molar-refractivity contribution is 7.71. The third-order valence-corrected chi connectivity index (χ3v) is 3.78. The molecule has 0 radical (unpaired) electrons. The summed E-state index contributed by atoms with van der Waals surface area (Å²) in [5.74, 6) is 2.06. The Morgan fingerprint density at radius 2 is 2.14 bits per heavy atom. The maximum Gasteiger partial charge on any atom is 0.216 e. The van der Waals surface area contributed by atoms with E-state index in [1.807, 2.05) is 31.2 Å². The summed E-state index contributed by atoms with van der Waals surface area (Å²) in [6.07, 6.45) is 3.79. The third-order valence-electron chi connectivity index (χ3n) is 3.52. The molecule has 2 aromatic rings. The number of hydrogen-bond donors (Lipinski definition) is 1. The number of nitrogens with zero attached hydrogens (tertiary/aromatic N) is 3. The molecule has 2 rings (SSSR count). The molecule has 0 spiro atoms. The van der Waals surface area contributed by atoms with Crippen LogP contribution in [0.5, 0.6) is 5.75 Å². The highest BCUT2D eigenvalue weighted by Gasteiger charge is 2.14. The van der Waals surface area contributed by atoms with Crippen molar-refractivity contribution < 1.29 is 4.74 Å².